The van der Waals surface area contributed by atoms with Crippen LogP contribution in [0.2, 0.25) is 5.02 Å². The topological polar surface area (TPSA) is 38.0 Å². The van der Waals surface area contributed by atoms with Crippen molar-refractivity contribution in [2.75, 3.05) is 11.9 Å². The van der Waals surface area contributed by atoms with Crippen molar-refractivity contribution < 1.29 is 0 Å². The first-order valence-corrected chi connectivity index (χ1v) is 6.40. The van der Waals surface area contributed by atoms with Gasteiger partial charge in [-0.1, -0.05) is 36.6 Å². The maximum absolute atomic E-state index is 6.14. The Kier molecular flexibility index (Phi) is 4.08. The van der Waals surface area contributed by atoms with Gasteiger partial charge >= 0.3 is 0 Å². The van der Waals surface area contributed by atoms with Crippen molar-refractivity contribution in [1.29, 1.82) is 0 Å². The summed E-state index contributed by atoms with van der Waals surface area (Å²) in [5.74, 6) is 0.588. The molecule has 1 aliphatic carbocycles. The van der Waals surface area contributed by atoms with Crippen molar-refractivity contribution >= 4 is 17.3 Å². The highest BCUT2D eigenvalue weighted by Gasteiger charge is 2.23. The second kappa shape index (κ2) is 5.55. The molecule has 0 radical (unpaired) electrons. The van der Waals surface area contributed by atoms with Crippen LogP contribution in [0.4, 0.5) is 5.69 Å². The molecule has 1 saturated carbocycles. The smallest absolute Gasteiger partial charge is 0.0637 e. The molecule has 88 valence electrons. The summed E-state index contributed by atoms with van der Waals surface area (Å²) in [7, 11) is 0. The van der Waals surface area contributed by atoms with E-state index in [0.29, 0.717) is 12.0 Å². The summed E-state index contributed by atoms with van der Waals surface area (Å²) in [5.41, 5.74) is 6.85. The summed E-state index contributed by atoms with van der Waals surface area (Å²) in [5, 5.41) is 4.33. The molecule has 1 aromatic carbocycles. The summed E-state index contributed by atoms with van der Waals surface area (Å²) in [6.07, 6.45) is 5.03. The number of halogens is 1. The molecule has 2 unspecified atom stereocenters. The highest BCUT2D eigenvalue weighted by Crippen LogP contribution is 2.29. The molecule has 2 rings (SSSR count). The lowest BCUT2D eigenvalue weighted by atomic mass is 9.84. The SMILES string of the molecule is NCC1CCCCC1Nc1ccccc1Cl. The molecular weight excluding hydrogens is 220 g/mol. The van der Waals surface area contributed by atoms with Crippen LogP contribution in [0.25, 0.3) is 0 Å². The van der Waals surface area contributed by atoms with Gasteiger partial charge in [0.05, 0.1) is 10.7 Å². The monoisotopic (exact) mass is 238 g/mol. The van der Waals surface area contributed by atoms with Crippen LogP contribution in [0.5, 0.6) is 0 Å². The highest BCUT2D eigenvalue weighted by molar-refractivity contribution is 6.33. The lowest BCUT2D eigenvalue weighted by Gasteiger charge is -2.32. The van der Waals surface area contributed by atoms with E-state index in [9.17, 15) is 0 Å². The van der Waals surface area contributed by atoms with Gasteiger partial charge in [0, 0.05) is 6.04 Å². The Bertz CT molecular complexity index is 340. The Balaban J connectivity index is 2.05. The van der Waals surface area contributed by atoms with E-state index in [-0.39, 0.29) is 0 Å². The van der Waals surface area contributed by atoms with Crippen LogP contribution >= 0.6 is 11.6 Å². The molecule has 0 bridgehead atoms. The Morgan fingerprint density at radius 3 is 2.75 bits per heavy atom. The van der Waals surface area contributed by atoms with Gasteiger partial charge in [-0.2, -0.15) is 0 Å². The molecule has 0 saturated heterocycles. The third kappa shape index (κ3) is 2.69. The molecule has 3 N–H and O–H groups in total. The number of hydrogen-bond acceptors (Lipinski definition) is 2. The van der Waals surface area contributed by atoms with Crippen molar-refractivity contribution in [3.8, 4) is 0 Å². The van der Waals surface area contributed by atoms with Gasteiger partial charge in [-0.15, -0.1) is 0 Å². The standard InChI is InChI=1S/C13H19ClN2/c14-11-6-2-4-8-13(11)16-12-7-3-1-5-10(12)9-15/h2,4,6,8,10,12,16H,1,3,5,7,9,15H2. The van der Waals surface area contributed by atoms with Crippen molar-refractivity contribution in [2.24, 2.45) is 11.7 Å². The maximum Gasteiger partial charge on any atom is 0.0637 e. The first-order chi connectivity index (χ1) is 7.81. The lowest BCUT2D eigenvalue weighted by molar-refractivity contribution is 0.332. The number of benzene rings is 1. The molecule has 0 aromatic heterocycles. The summed E-state index contributed by atoms with van der Waals surface area (Å²) in [6.45, 7) is 0.766. The third-order valence-electron chi connectivity index (χ3n) is 3.43. The molecule has 2 nitrogen and oxygen atoms in total. The molecule has 0 amide bonds. The van der Waals surface area contributed by atoms with Crippen molar-refractivity contribution in [3.63, 3.8) is 0 Å². The van der Waals surface area contributed by atoms with E-state index in [1.807, 2.05) is 24.3 Å². The van der Waals surface area contributed by atoms with E-state index in [0.717, 1.165) is 17.3 Å². The summed E-state index contributed by atoms with van der Waals surface area (Å²) in [4.78, 5) is 0. The van der Waals surface area contributed by atoms with Crippen LogP contribution in [-0.4, -0.2) is 12.6 Å². The number of nitrogens with one attached hydrogen (secondary N) is 1. The largest absolute Gasteiger partial charge is 0.381 e. The van der Waals surface area contributed by atoms with Crippen molar-refractivity contribution in [2.45, 2.75) is 31.7 Å². The van der Waals surface area contributed by atoms with E-state index >= 15 is 0 Å². The lowest BCUT2D eigenvalue weighted by Crippen LogP contribution is -2.36. The second-order valence-corrected chi connectivity index (χ2v) is 4.92. The fourth-order valence-electron chi connectivity index (χ4n) is 2.46. The minimum Gasteiger partial charge on any atom is -0.381 e. The average Bonchev–Trinajstić information content (AvgIpc) is 2.33. The molecule has 0 aliphatic heterocycles. The molecule has 16 heavy (non-hydrogen) atoms. The van der Waals surface area contributed by atoms with Crippen LogP contribution in [0.15, 0.2) is 24.3 Å². The predicted molar refractivity (Wildman–Crippen MR) is 69.9 cm³/mol. The second-order valence-electron chi connectivity index (χ2n) is 4.51. The summed E-state index contributed by atoms with van der Waals surface area (Å²) in [6, 6.07) is 8.40. The molecule has 1 fully saturated rings. The fraction of sp³-hybridized carbons (Fsp3) is 0.538. The van der Waals surface area contributed by atoms with E-state index in [2.05, 4.69) is 5.32 Å². The fourth-order valence-corrected chi connectivity index (χ4v) is 2.65. The first kappa shape index (κ1) is 11.7. The van der Waals surface area contributed by atoms with Gasteiger partial charge in [0.25, 0.3) is 0 Å². The van der Waals surface area contributed by atoms with Gasteiger partial charge in [-0.3, -0.25) is 0 Å². The number of para-hydroxylation sites is 1. The van der Waals surface area contributed by atoms with Crippen LogP contribution in [-0.2, 0) is 0 Å². The maximum atomic E-state index is 6.14. The van der Waals surface area contributed by atoms with Crippen LogP contribution in [0.1, 0.15) is 25.7 Å². The number of rotatable bonds is 3. The third-order valence-corrected chi connectivity index (χ3v) is 3.76. The molecule has 3 heteroatoms. The van der Waals surface area contributed by atoms with Crippen LogP contribution < -0.4 is 11.1 Å². The van der Waals surface area contributed by atoms with E-state index in [4.69, 9.17) is 17.3 Å². The minimum absolute atomic E-state index is 0.485. The minimum atomic E-state index is 0.485. The van der Waals surface area contributed by atoms with Crippen molar-refractivity contribution in [1.82, 2.24) is 0 Å². The normalized spacial score (nSPS) is 25.4. The molecule has 0 heterocycles. The Labute approximate surface area is 102 Å². The Morgan fingerprint density at radius 1 is 1.25 bits per heavy atom. The molecule has 2 atom stereocenters. The van der Waals surface area contributed by atoms with Gasteiger partial charge in [0.2, 0.25) is 0 Å². The number of hydrogen-bond donors (Lipinski definition) is 2. The van der Waals surface area contributed by atoms with Crippen LogP contribution in [0.3, 0.4) is 0 Å². The molecular formula is C13H19ClN2. The van der Waals surface area contributed by atoms with Gasteiger partial charge in [0.15, 0.2) is 0 Å². The van der Waals surface area contributed by atoms with Crippen molar-refractivity contribution in [3.05, 3.63) is 29.3 Å². The van der Waals surface area contributed by atoms with Gasteiger partial charge in [0.1, 0.15) is 0 Å². The summed E-state index contributed by atoms with van der Waals surface area (Å²) >= 11 is 6.14. The van der Waals surface area contributed by atoms with Gasteiger partial charge in [-0.05, 0) is 37.4 Å². The van der Waals surface area contributed by atoms with Gasteiger partial charge in [-0.25, -0.2) is 0 Å². The molecule has 1 aromatic rings. The Morgan fingerprint density at radius 2 is 2.00 bits per heavy atom. The number of nitrogens with two attached hydrogens (primary N) is 1. The van der Waals surface area contributed by atoms with E-state index in [1.165, 1.54) is 25.7 Å². The quantitative estimate of drug-likeness (QED) is 0.848. The van der Waals surface area contributed by atoms with Gasteiger partial charge < -0.3 is 11.1 Å². The highest BCUT2D eigenvalue weighted by atomic mass is 35.5. The zero-order valence-electron chi connectivity index (χ0n) is 9.45. The van der Waals surface area contributed by atoms with E-state index in [1.54, 1.807) is 0 Å². The zero-order valence-corrected chi connectivity index (χ0v) is 10.2. The zero-order chi connectivity index (χ0) is 11.4. The summed E-state index contributed by atoms with van der Waals surface area (Å²) < 4.78 is 0. The van der Waals surface area contributed by atoms with Crippen LogP contribution in [0, 0.1) is 5.92 Å². The van der Waals surface area contributed by atoms with E-state index < -0.39 is 0 Å². The molecule has 1 aliphatic rings. The predicted octanol–water partition coefficient (Wildman–Crippen LogP) is 3.27. The first-order valence-electron chi connectivity index (χ1n) is 6.02. The molecule has 0 spiro atoms. The Hall–Kier alpha value is -0.730. The number of anilines is 1. The average molecular weight is 239 g/mol.